The monoisotopic (exact) mass is 267 g/mol. The van der Waals surface area contributed by atoms with Crippen LogP contribution in [0.25, 0.3) is 10.8 Å². The van der Waals surface area contributed by atoms with Gasteiger partial charge in [-0.05, 0) is 5.92 Å². The molecule has 6 N–H and O–H groups in total. The molecule has 0 fully saturated rings. The summed E-state index contributed by atoms with van der Waals surface area (Å²) in [6.07, 6.45) is 0. The molecule has 2 rings (SSSR count). The van der Waals surface area contributed by atoms with Crippen LogP contribution in [0.4, 0.5) is 0 Å². The average Bonchev–Trinajstić information content (AvgIpc) is 2.30. The van der Waals surface area contributed by atoms with Gasteiger partial charge in [-0.15, -0.1) is 0 Å². The number of H-pyrrole nitrogens is 1. The van der Waals surface area contributed by atoms with E-state index in [9.17, 15) is 30.3 Å². The van der Waals surface area contributed by atoms with Crippen molar-refractivity contribution in [1.82, 2.24) is 4.98 Å². The minimum absolute atomic E-state index is 0.0229. The molecule has 1 aromatic heterocycles. The van der Waals surface area contributed by atoms with E-state index in [1.165, 1.54) is 0 Å². The van der Waals surface area contributed by atoms with Gasteiger partial charge < -0.3 is 25.5 Å². The molecule has 1 aromatic carbocycles. The van der Waals surface area contributed by atoms with Gasteiger partial charge in [-0.1, -0.05) is 13.8 Å². The van der Waals surface area contributed by atoms with E-state index in [0.29, 0.717) is 0 Å². The highest BCUT2D eigenvalue weighted by Crippen LogP contribution is 2.49. The summed E-state index contributed by atoms with van der Waals surface area (Å²) in [6.45, 7) is 3.29. The zero-order chi connectivity index (χ0) is 14.5. The molecule has 102 valence electrons. The van der Waals surface area contributed by atoms with Crippen LogP contribution in [0.5, 0.6) is 28.9 Å². The summed E-state index contributed by atoms with van der Waals surface area (Å²) in [4.78, 5) is 13.5. The van der Waals surface area contributed by atoms with Crippen LogP contribution < -0.4 is 5.56 Å². The van der Waals surface area contributed by atoms with Crippen LogP contribution in [-0.2, 0) is 0 Å². The number of nitrogens with one attached hydrogen (secondary N) is 1. The van der Waals surface area contributed by atoms with Gasteiger partial charge >= 0.3 is 0 Å². The SMILES string of the molecule is CC(C)c1c(O)c(O)c2c(=O)[nH]c(O)c(O)c2c1O. The molecular weight excluding hydrogens is 254 g/mol. The molecule has 0 aliphatic rings. The van der Waals surface area contributed by atoms with Crippen molar-refractivity contribution in [3.05, 3.63) is 15.9 Å². The lowest BCUT2D eigenvalue weighted by Crippen LogP contribution is -2.07. The van der Waals surface area contributed by atoms with Gasteiger partial charge in [0.2, 0.25) is 5.88 Å². The number of fused-ring (bicyclic) bond motifs is 1. The maximum Gasteiger partial charge on any atom is 0.262 e. The van der Waals surface area contributed by atoms with Crippen molar-refractivity contribution in [2.75, 3.05) is 0 Å². The van der Waals surface area contributed by atoms with E-state index in [1.54, 1.807) is 13.8 Å². The predicted octanol–water partition coefficient (Wildman–Crippen LogP) is 1.18. The van der Waals surface area contributed by atoms with Crippen molar-refractivity contribution in [2.45, 2.75) is 19.8 Å². The molecule has 1 heterocycles. The van der Waals surface area contributed by atoms with Gasteiger partial charge in [0.1, 0.15) is 11.1 Å². The molecule has 2 aromatic rings. The summed E-state index contributed by atoms with van der Waals surface area (Å²) in [6, 6.07) is 0. The van der Waals surface area contributed by atoms with Gasteiger partial charge in [-0.2, -0.15) is 0 Å². The average molecular weight is 267 g/mol. The summed E-state index contributed by atoms with van der Waals surface area (Å²) in [5.74, 6) is -3.92. The van der Waals surface area contributed by atoms with Crippen LogP contribution in [0.1, 0.15) is 25.3 Å². The Kier molecular flexibility index (Phi) is 2.69. The Morgan fingerprint density at radius 1 is 0.842 bits per heavy atom. The number of phenols is 3. The van der Waals surface area contributed by atoms with Crippen LogP contribution in [0.3, 0.4) is 0 Å². The fraction of sp³-hybridized carbons (Fsp3) is 0.250. The normalized spacial score (nSPS) is 11.3. The second-order valence-corrected chi connectivity index (χ2v) is 4.52. The van der Waals surface area contributed by atoms with Crippen LogP contribution >= 0.6 is 0 Å². The van der Waals surface area contributed by atoms with Gasteiger partial charge in [-0.3, -0.25) is 9.78 Å². The van der Waals surface area contributed by atoms with E-state index >= 15 is 0 Å². The van der Waals surface area contributed by atoms with Crippen molar-refractivity contribution < 1.29 is 25.5 Å². The first kappa shape index (κ1) is 12.9. The number of benzene rings is 1. The first-order valence-corrected chi connectivity index (χ1v) is 5.52. The van der Waals surface area contributed by atoms with Crippen molar-refractivity contribution in [3.63, 3.8) is 0 Å². The highest BCUT2D eigenvalue weighted by Gasteiger charge is 2.26. The second kappa shape index (κ2) is 3.98. The topological polar surface area (TPSA) is 134 Å². The number of hydrogen-bond acceptors (Lipinski definition) is 6. The van der Waals surface area contributed by atoms with E-state index in [1.807, 2.05) is 4.98 Å². The predicted molar refractivity (Wildman–Crippen MR) is 67.0 cm³/mol. The third-order valence-corrected chi connectivity index (χ3v) is 2.96. The fourth-order valence-electron chi connectivity index (χ4n) is 2.08. The molecule has 0 unspecified atom stereocenters. The Bertz CT molecular complexity index is 732. The Morgan fingerprint density at radius 2 is 1.42 bits per heavy atom. The van der Waals surface area contributed by atoms with Gasteiger partial charge in [-0.25, -0.2) is 0 Å². The molecule has 0 saturated heterocycles. The molecule has 7 heteroatoms. The summed E-state index contributed by atoms with van der Waals surface area (Å²) in [7, 11) is 0. The van der Waals surface area contributed by atoms with E-state index < -0.39 is 45.2 Å². The Labute approximate surface area is 107 Å². The summed E-state index contributed by atoms with van der Waals surface area (Å²) < 4.78 is 0. The molecule has 0 aliphatic carbocycles. The molecule has 0 spiro atoms. The molecular formula is C12H13NO6. The third kappa shape index (κ3) is 1.62. The molecule has 0 bridgehead atoms. The number of phenolic OH excluding ortho intramolecular Hbond substituents is 3. The molecule has 0 atom stereocenters. The molecule has 0 aliphatic heterocycles. The van der Waals surface area contributed by atoms with Gasteiger partial charge in [0.25, 0.3) is 5.56 Å². The van der Waals surface area contributed by atoms with Gasteiger partial charge in [0, 0.05) is 5.56 Å². The minimum atomic E-state index is -0.941. The highest BCUT2D eigenvalue weighted by atomic mass is 16.3. The Hall–Kier alpha value is -2.57. The largest absolute Gasteiger partial charge is 0.507 e. The molecule has 19 heavy (non-hydrogen) atoms. The van der Waals surface area contributed by atoms with E-state index in [-0.39, 0.29) is 11.5 Å². The minimum Gasteiger partial charge on any atom is -0.507 e. The van der Waals surface area contributed by atoms with E-state index in [0.717, 1.165) is 0 Å². The summed E-state index contributed by atoms with van der Waals surface area (Å²) >= 11 is 0. The van der Waals surface area contributed by atoms with E-state index in [2.05, 4.69) is 0 Å². The lowest BCUT2D eigenvalue weighted by Gasteiger charge is -2.15. The number of aromatic amines is 1. The van der Waals surface area contributed by atoms with Crippen LogP contribution in [0.2, 0.25) is 0 Å². The molecule has 7 nitrogen and oxygen atoms in total. The third-order valence-electron chi connectivity index (χ3n) is 2.96. The highest BCUT2D eigenvalue weighted by molar-refractivity contribution is 6.01. The summed E-state index contributed by atoms with van der Waals surface area (Å²) in [5, 5.41) is 47.9. The lowest BCUT2D eigenvalue weighted by atomic mass is 9.95. The fourth-order valence-corrected chi connectivity index (χ4v) is 2.08. The molecule has 0 amide bonds. The number of aromatic nitrogens is 1. The second-order valence-electron chi connectivity index (χ2n) is 4.52. The standard InChI is InChI=1S/C12H13NO6/c1-3(2)4-7(14)5-6(9(16)8(4)15)11(18)13-12(19)10(5)17/h3,14-17H,1-2H3,(H2,13,18,19). The Balaban J connectivity index is 3.17. The number of hydrogen-bond donors (Lipinski definition) is 6. The van der Waals surface area contributed by atoms with Crippen LogP contribution in [0, 0.1) is 0 Å². The number of rotatable bonds is 1. The number of pyridine rings is 1. The molecule has 0 radical (unpaired) electrons. The number of aromatic hydroxyl groups is 5. The van der Waals surface area contributed by atoms with Crippen LogP contribution in [0.15, 0.2) is 4.79 Å². The van der Waals surface area contributed by atoms with Gasteiger partial charge in [0.05, 0.1) is 5.39 Å². The first-order valence-electron chi connectivity index (χ1n) is 5.52. The van der Waals surface area contributed by atoms with Gasteiger partial charge in [0.15, 0.2) is 17.2 Å². The zero-order valence-corrected chi connectivity index (χ0v) is 10.2. The Morgan fingerprint density at radius 3 is 1.95 bits per heavy atom. The smallest absolute Gasteiger partial charge is 0.262 e. The lowest BCUT2D eigenvalue weighted by molar-refractivity contribution is 0.381. The first-order chi connectivity index (χ1) is 8.77. The maximum absolute atomic E-state index is 11.6. The van der Waals surface area contributed by atoms with Crippen molar-refractivity contribution in [3.8, 4) is 28.9 Å². The van der Waals surface area contributed by atoms with Crippen molar-refractivity contribution in [2.24, 2.45) is 0 Å². The maximum atomic E-state index is 11.6. The van der Waals surface area contributed by atoms with Crippen molar-refractivity contribution in [1.29, 1.82) is 0 Å². The van der Waals surface area contributed by atoms with Crippen LogP contribution in [-0.4, -0.2) is 30.5 Å². The molecule has 0 saturated carbocycles. The van der Waals surface area contributed by atoms with E-state index in [4.69, 9.17) is 0 Å². The summed E-state index contributed by atoms with van der Waals surface area (Å²) in [5.41, 5.74) is -0.964. The zero-order valence-electron chi connectivity index (χ0n) is 10.2. The quantitative estimate of drug-likeness (QED) is 0.339. The van der Waals surface area contributed by atoms with Crippen molar-refractivity contribution >= 4 is 10.8 Å².